The van der Waals surface area contributed by atoms with Crippen molar-refractivity contribution in [2.45, 2.75) is 57.9 Å². The van der Waals surface area contributed by atoms with Gasteiger partial charge >= 0.3 is 11.8 Å². The van der Waals surface area contributed by atoms with Gasteiger partial charge in [0.1, 0.15) is 0 Å². The van der Waals surface area contributed by atoms with Gasteiger partial charge in [0.2, 0.25) is 0 Å². The summed E-state index contributed by atoms with van der Waals surface area (Å²) < 4.78 is 0. The highest BCUT2D eigenvalue weighted by Crippen LogP contribution is 2.25. The molecule has 2 N–H and O–H groups in total. The smallest absolute Gasteiger partial charge is 0.313 e. The van der Waals surface area contributed by atoms with Gasteiger partial charge in [-0.15, -0.1) is 0 Å². The molecule has 4 rings (SSSR count). The van der Waals surface area contributed by atoms with Crippen molar-refractivity contribution in [3.8, 4) is 0 Å². The summed E-state index contributed by atoms with van der Waals surface area (Å²) in [5, 5.41) is 5.54. The maximum atomic E-state index is 12.4. The predicted octanol–water partition coefficient (Wildman–Crippen LogP) is 4.37. The number of piperidine rings is 1. The Labute approximate surface area is 178 Å². The molecular formula is C25H31N3O2. The zero-order chi connectivity index (χ0) is 20.9. The molecule has 1 fully saturated rings. The third kappa shape index (κ3) is 4.84. The number of carbonyl (C=O) groups is 2. The zero-order valence-corrected chi connectivity index (χ0v) is 17.7. The molecule has 0 spiro atoms. The van der Waals surface area contributed by atoms with Crippen LogP contribution in [-0.2, 0) is 22.4 Å². The van der Waals surface area contributed by atoms with Gasteiger partial charge in [0, 0.05) is 24.5 Å². The molecule has 0 aromatic heterocycles. The minimum atomic E-state index is -0.634. The number of nitrogens with one attached hydrogen (secondary N) is 2. The van der Waals surface area contributed by atoms with Gasteiger partial charge in [-0.25, -0.2) is 0 Å². The van der Waals surface area contributed by atoms with Crippen LogP contribution in [0.5, 0.6) is 0 Å². The minimum Gasteiger partial charge on any atom is -0.372 e. The summed E-state index contributed by atoms with van der Waals surface area (Å²) in [5.74, 6) is -1.24. The number of hydrogen-bond acceptors (Lipinski definition) is 3. The van der Waals surface area contributed by atoms with Crippen molar-refractivity contribution < 1.29 is 9.59 Å². The van der Waals surface area contributed by atoms with Crippen molar-refractivity contribution in [1.82, 2.24) is 5.32 Å². The van der Waals surface area contributed by atoms with E-state index in [0.29, 0.717) is 5.69 Å². The highest BCUT2D eigenvalue weighted by molar-refractivity contribution is 6.39. The number of hydrogen-bond donors (Lipinski definition) is 2. The van der Waals surface area contributed by atoms with E-state index >= 15 is 0 Å². The van der Waals surface area contributed by atoms with Gasteiger partial charge in [-0.3, -0.25) is 9.59 Å². The Morgan fingerprint density at radius 3 is 2.27 bits per heavy atom. The van der Waals surface area contributed by atoms with Crippen molar-refractivity contribution in [3.05, 3.63) is 59.2 Å². The lowest BCUT2D eigenvalue weighted by Crippen LogP contribution is -2.37. The summed E-state index contributed by atoms with van der Waals surface area (Å²) in [6.45, 7) is 4.08. The van der Waals surface area contributed by atoms with Crippen LogP contribution in [0.4, 0.5) is 11.4 Å². The third-order valence-corrected chi connectivity index (χ3v) is 6.27. The van der Waals surface area contributed by atoms with E-state index in [4.69, 9.17) is 0 Å². The molecule has 5 nitrogen and oxygen atoms in total. The maximum absolute atomic E-state index is 12.4. The summed E-state index contributed by atoms with van der Waals surface area (Å²) in [6.07, 6.45) is 8.44. The largest absolute Gasteiger partial charge is 0.372 e. The summed E-state index contributed by atoms with van der Waals surface area (Å²) in [7, 11) is 0. The van der Waals surface area contributed by atoms with Crippen molar-refractivity contribution in [1.29, 1.82) is 0 Å². The lowest BCUT2D eigenvalue weighted by molar-refractivity contribution is -0.136. The maximum Gasteiger partial charge on any atom is 0.313 e. The van der Waals surface area contributed by atoms with Crippen LogP contribution in [0.2, 0.25) is 0 Å². The Hall–Kier alpha value is -2.82. The molecule has 2 aromatic rings. The van der Waals surface area contributed by atoms with E-state index in [1.807, 2.05) is 31.2 Å². The second kappa shape index (κ2) is 9.33. The minimum absolute atomic E-state index is 0.211. The predicted molar refractivity (Wildman–Crippen MR) is 121 cm³/mol. The van der Waals surface area contributed by atoms with E-state index in [1.165, 1.54) is 43.2 Å². The fourth-order valence-corrected chi connectivity index (χ4v) is 4.46. The highest BCUT2D eigenvalue weighted by atomic mass is 16.2. The summed E-state index contributed by atoms with van der Waals surface area (Å²) in [6, 6.07) is 13.9. The lowest BCUT2D eigenvalue weighted by Gasteiger charge is -2.28. The van der Waals surface area contributed by atoms with Crippen LogP contribution in [0.15, 0.2) is 42.5 Å². The third-order valence-electron chi connectivity index (χ3n) is 6.27. The first-order valence-corrected chi connectivity index (χ1v) is 11.2. The van der Waals surface area contributed by atoms with Gasteiger partial charge in [0.25, 0.3) is 0 Å². The number of aryl methyl sites for hydroxylation is 2. The van der Waals surface area contributed by atoms with Crippen LogP contribution in [0.25, 0.3) is 0 Å². The Morgan fingerprint density at radius 2 is 1.53 bits per heavy atom. The first-order valence-electron chi connectivity index (χ1n) is 11.2. The van der Waals surface area contributed by atoms with Crippen molar-refractivity contribution in [2.75, 3.05) is 23.3 Å². The standard InChI is InChI=1S/C25H31N3O2/c1-18(20-10-9-19-7-3-4-8-21(19)17-20)26-24(29)25(30)27-22-11-13-23(14-12-22)28-15-5-2-6-16-28/h9-14,17-18H,2-8,15-16H2,1H3,(H,26,29)(H,27,30). The van der Waals surface area contributed by atoms with Crippen LogP contribution in [-0.4, -0.2) is 24.9 Å². The first kappa shape index (κ1) is 20.5. The monoisotopic (exact) mass is 405 g/mol. The molecule has 2 aromatic carbocycles. The Morgan fingerprint density at radius 1 is 0.833 bits per heavy atom. The molecule has 158 valence electrons. The Balaban J connectivity index is 1.32. The van der Waals surface area contributed by atoms with Gasteiger partial charge in [0.05, 0.1) is 6.04 Å². The number of amides is 2. The van der Waals surface area contributed by atoms with Crippen LogP contribution in [0, 0.1) is 0 Å². The molecule has 1 aliphatic carbocycles. The molecule has 5 heteroatoms. The Bertz CT molecular complexity index is 901. The number of carbonyl (C=O) groups excluding carboxylic acids is 2. The molecule has 0 radical (unpaired) electrons. The van der Waals surface area contributed by atoms with Crippen LogP contribution in [0.1, 0.15) is 61.8 Å². The lowest BCUT2D eigenvalue weighted by atomic mass is 9.89. The number of nitrogens with zero attached hydrogens (tertiary/aromatic N) is 1. The SMILES string of the molecule is CC(NC(=O)C(=O)Nc1ccc(N2CCCCC2)cc1)c1ccc2c(c1)CCCC2. The van der Waals surface area contributed by atoms with Crippen molar-refractivity contribution >= 4 is 23.2 Å². The molecule has 1 atom stereocenters. The number of benzene rings is 2. The van der Waals surface area contributed by atoms with E-state index in [0.717, 1.165) is 37.2 Å². The molecule has 0 bridgehead atoms. The molecule has 1 saturated heterocycles. The summed E-state index contributed by atoms with van der Waals surface area (Å²) in [5.41, 5.74) is 5.63. The van der Waals surface area contributed by atoms with Crippen LogP contribution in [0.3, 0.4) is 0 Å². The van der Waals surface area contributed by atoms with Crippen LogP contribution >= 0.6 is 0 Å². The van der Waals surface area contributed by atoms with E-state index in [1.54, 1.807) is 0 Å². The molecular weight excluding hydrogens is 374 g/mol. The molecule has 1 unspecified atom stereocenters. The van der Waals surface area contributed by atoms with E-state index in [-0.39, 0.29) is 6.04 Å². The number of fused-ring (bicyclic) bond motifs is 1. The summed E-state index contributed by atoms with van der Waals surface area (Å²) >= 11 is 0. The number of rotatable bonds is 4. The van der Waals surface area contributed by atoms with Crippen molar-refractivity contribution in [3.63, 3.8) is 0 Å². The average Bonchev–Trinajstić information content (AvgIpc) is 2.79. The van der Waals surface area contributed by atoms with Gasteiger partial charge in [0.15, 0.2) is 0 Å². The second-order valence-corrected chi connectivity index (χ2v) is 8.48. The molecule has 0 saturated carbocycles. The average molecular weight is 406 g/mol. The summed E-state index contributed by atoms with van der Waals surface area (Å²) in [4.78, 5) is 27.1. The second-order valence-electron chi connectivity index (χ2n) is 8.48. The first-order chi connectivity index (χ1) is 14.6. The van der Waals surface area contributed by atoms with Crippen LogP contribution < -0.4 is 15.5 Å². The fraction of sp³-hybridized carbons (Fsp3) is 0.440. The van der Waals surface area contributed by atoms with E-state index < -0.39 is 11.8 Å². The molecule has 2 aliphatic rings. The normalized spacial score (nSPS) is 17.0. The fourth-order valence-electron chi connectivity index (χ4n) is 4.46. The van der Waals surface area contributed by atoms with Gasteiger partial charge in [-0.1, -0.05) is 18.2 Å². The van der Waals surface area contributed by atoms with E-state index in [9.17, 15) is 9.59 Å². The molecule has 30 heavy (non-hydrogen) atoms. The van der Waals surface area contributed by atoms with Crippen molar-refractivity contribution in [2.24, 2.45) is 0 Å². The number of anilines is 2. The molecule has 2 amide bonds. The van der Waals surface area contributed by atoms with Gasteiger partial charge in [-0.2, -0.15) is 0 Å². The quantitative estimate of drug-likeness (QED) is 0.743. The highest BCUT2D eigenvalue weighted by Gasteiger charge is 2.19. The van der Waals surface area contributed by atoms with E-state index in [2.05, 4.69) is 33.7 Å². The van der Waals surface area contributed by atoms with Gasteiger partial charge in [-0.05, 0) is 92.8 Å². The molecule has 1 heterocycles. The molecule has 1 aliphatic heterocycles. The zero-order valence-electron chi connectivity index (χ0n) is 17.7. The Kier molecular flexibility index (Phi) is 6.36. The topological polar surface area (TPSA) is 61.4 Å². The van der Waals surface area contributed by atoms with Gasteiger partial charge < -0.3 is 15.5 Å².